The summed E-state index contributed by atoms with van der Waals surface area (Å²) in [6.45, 7) is 2.15. The second-order valence-corrected chi connectivity index (χ2v) is 6.81. The van der Waals surface area contributed by atoms with Gasteiger partial charge in [-0.2, -0.15) is 0 Å². The second kappa shape index (κ2) is 6.52. The molecule has 0 fully saturated rings. The number of benzene rings is 1. The first kappa shape index (κ1) is 14.4. The molecule has 4 heteroatoms. The summed E-state index contributed by atoms with van der Waals surface area (Å²) in [5.41, 5.74) is 3.78. The Kier molecular flexibility index (Phi) is 4.48. The molecule has 3 rings (SSSR count). The predicted molar refractivity (Wildman–Crippen MR) is 92.1 cm³/mol. The predicted octanol–water partition coefficient (Wildman–Crippen LogP) is 4.68. The third-order valence-electron chi connectivity index (χ3n) is 3.57. The van der Waals surface area contributed by atoms with Crippen molar-refractivity contribution in [3.63, 3.8) is 0 Å². The number of hydrogen-bond acceptors (Lipinski definition) is 4. The Morgan fingerprint density at radius 3 is 2.62 bits per heavy atom. The molecular weight excluding hydrogens is 296 g/mol. The minimum atomic E-state index is 0.311. The topological polar surface area (TPSA) is 24.9 Å². The molecular formula is C17H18N2S2. The second-order valence-electron chi connectivity index (χ2n) is 5.03. The van der Waals surface area contributed by atoms with Crippen molar-refractivity contribution in [2.75, 3.05) is 7.05 Å². The van der Waals surface area contributed by atoms with E-state index in [4.69, 9.17) is 4.98 Å². The van der Waals surface area contributed by atoms with Gasteiger partial charge in [-0.25, -0.2) is 4.98 Å². The van der Waals surface area contributed by atoms with E-state index in [0.717, 1.165) is 17.1 Å². The number of thiazole rings is 1. The van der Waals surface area contributed by atoms with Crippen LogP contribution in [-0.4, -0.2) is 12.0 Å². The molecule has 0 radical (unpaired) electrons. The van der Waals surface area contributed by atoms with E-state index < -0.39 is 0 Å². The molecule has 2 heterocycles. The molecule has 2 nitrogen and oxygen atoms in total. The number of likely N-dealkylation sites (N-methyl/N-ethyl adjacent to an activating group) is 1. The number of nitrogens with zero attached hydrogens (tertiary/aromatic N) is 1. The van der Waals surface area contributed by atoms with E-state index in [2.05, 4.69) is 59.4 Å². The molecule has 3 aromatic rings. The van der Waals surface area contributed by atoms with Gasteiger partial charge in [-0.3, -0.25) is 0 Å². The van der Waals surface area contributed by atoms with E-state index in [1.807, 2.05) is 7.05 Å². The standard InChI is InChI=1S/C17H18N2S2/c1-12-8-9-20-16(12)17-19-14(11-21-17)10-15(18-2)13-6-4-3-5-7-13/h3-9,11,15,18H,10H2,1-2H3. The Bertz CT molecular complexity index is 700. The first-order chi connectivity index (χ1) is 10.3. The van der Waals surface area contributed by atoms with Crippen molar-refractivity contribution in [1.82, 2.24) is 10.3 Å². The summed E-state index contributed by atoms with van der Waals surface area (Å²) in [5.74, 6) is 0. The molecule has 1 unspecified atom stereocenters. The largest absolute Gasteiger partial charge is 0.313 e. The Labute approximate surface area is 133 Å². The molecule has 0 aliphatic carbocycles. The number of aryl methyl sites for hydroxylation is 1. The van der Waals surface area contributed by atoms with Crippen molar-refractivity contribution >= 4 is 22.7 Å². The fourth-order valence-electron chi connectivity index (χ4n) is 2.38. The molecule has 108 valence electrons. The molecule has 0 bridgehead atoms. The van der Waals surface area contributed by atoms with Crippen molar-refractivity contribution in [3.8, 4) is 9.88 Å². The lowest BCUT2D eigenvalue weighted by Gasteiger charge is -2.15. The van der Waals surface area contributed by atoms with E-state index in [1.165, 1.54) is 16.0 Å². The maximum absolute atomic E-state index is 4.82. The lowest BCUT2D eigenvalue weighted by molar-refractivity contribution is 0.586. The minimum Gasteiger partial charge on any atom is -0.313 e. The smallest absolute Gasteiger partial charge is 0.133 e. The van der Waals surface area contributed by atoms with Crippen LogP contribution in [0.4, 0.5) is 0 Å². The molecule has 0 spiro atoms. The van der Waals surface area contributed by atoms with Crippen LogP contribution in [0.25, 0.3) is 9.88 Å². The Morgan fingerprint density at radius 1 is 1.14 bits per heavy atom. The van der Waals surface area contributed by atoms with Gasteiger partial charge in [-0.15, -0.1) is 22.7 Å². The summed E-state index contributed by atoms with van der Waals surface area (Å²) in [6, 6.07) is 13.0. The van der Waals surface area contributed by atoms with Crippen molar-refractivity contribution < 1.29 is 0 Å². The van der Waals surface area contributed by atoms with Crippen LogP contribution in [0.3, 0.4) is 0 Å². The van der Waals surface area contributed by atoms with Gasteiger partial charge in [0.2, 0.25) is 0 Å². The summed E-state index contributed by atoms with van der Waals surface area (Å²) >= 11 is 3.51. The normalized spacial score (nSPS) is 12.5. The van der Waals surface area contributed by atoms with E-state index in [0.29, 0.717) is 6.04 Å². The molecule has 0 amide bonds. The first-order valence-electron chi connectivity index (χ1n) is 6.99. The lowest BCUT2D eigenvalue weighted by atomic mass is 10.0. The molecule has 1 atom stereocenters. The van der Waals surface area contributed by atoms with Crippen molar-refractivity contribution in [2.24, 2.45) is 0 Å². The molecule has 21 heavy (non-hydrogen) atoms. The van der Waals surface area contributed by atoms with E-state index >= 15 is 0 Å². The number of rotatable bonds is 5. The van der Waals surface area contributed by atoms with Gasteiger partial charge in [0.1, 0.15) is 5.01 Å². The number of aromatic nitrogens is 1. The maximum atomic E-state index is 4.82. The van der Waals surface area contributed by atoms with Crippen LogP contribution in [-0.2, 0) is 6.42 Å². The number of hydrogen-bond donors (Lipinski definition) is 1. The molecule has 2 aromatic heterocycles. The van der Waals surface area contributed by atoms with Crippen LogP contribution in [0.5, 0.6) is 0 Å². The van der Waals surface area contributed by atoms with Crippen LogP contribution in [0.2, 0.25) is 0 Å². The van der Waals surface area contributed by atoms with Crippen molar-refractivity contribution in [2.45, 2.75) is 19.4 Å². The maximum Gasteiger partial charge on any atom is 0.133 e. The summed E-state index contributed by atoms with van der Waals surface area (Å²) in [6.07, 6.45) is 0.918. The SMILES string of the molecule is CNC(Cc1csc(-c2sccc2C)n1)c1ccccc1. The van der Waals surface area contributed by atoms with Crippen LogP contribution in [0, 0.1) is 6.92 Å². The average molecular weight is 314 g/mol. The highest BCUT2D eigenvalue weighted by Gasteiger charge is 2.14. The Hall–Kier alpha value is -1.49. The van der Waals surface area contributed by atoms with Gasteiger partial charge < -0.3 is 5.32 Å². The Balaban J connectivity index is 1.79. The van der Waals surface area contributed by atoms with Gasteiger partial charge in [0.25, 0.3) is 0 Å². The van der Waals surface area contributed by atoms with Crippen molar-refractivity contribution in [3.05, 3.63) is 64.0 Å². The zero-order chi connectivity index (χ0) is 14.7. The van der Waals surface area contributed by atoms with Crippen LogP contribution >= 0.6 is 22.7 Å². The summed E-state index contributed by atoms with van der Waals surface area (Å²) in [4.78, 5) is 6.11. The van der Waals surface area contributed by atoms with Crippen molar-refractivity contribution in [1.29, 1.82) is 0 Å². The zero-order valence-electron chi connectivity index (χ0n) is 12.2. The third kappa shape index (κ3) is 3.23. The highest BCUT2D eigenvalue weighted by molar-refractivity contribution is 7.20. The van der Waals surface area contributed by atoms with E-state index in [1.54, 1.807) is 22.7 Å². The summed E-state index contributed by atoms with van der Waals surface area (Å²) in [7, 11) is 2.01. The Morgan fingerprint density at radius 2 is 1.95 bits per heavy atom. The lowest BCUT2D eigenvalue weighted by Crippen LogP contribution is -2.18. The fraction of sp³-hybridized carbons (Fsp3) is 0.235. The van der Waals surface area contributed by atoms with Gasteiger partial charge >= 0.3 is 0 Å². The monoisotopic (exact) mass is 314 g/mol. The van der Waals surface area contributed by atoms with E-state index in [-0.39, 0.29) is 0 Å². The first-order valence-corrected chi connectivity index (χ1v) is 8.75. The van der Waals surface area contributed by atoms with Crippen LogP contribution in [0.15, 0.2) is 47.2 Å². The van der Waals surface area contributed by atoms with Gasteiger partial charge in [0, 0.05) is 17.8 Å². The minimum absolute atomic E-state index is 0.311. The fourth-order valence-corrected chi connectivity index (χ4v) is 4.31. The number of thiophene rings is 1. The average Bonchev–Trinajstić information content (AvgIpc) is 3.14. The summed E-state index contributed by atoms with van der Waals surface area (Å²) in [5, 5.41) is 8.84. The van der Waals surface area contributed by atoms with Crippen LogP contribution in [0.1, 0.15) is 22.9 Å². The van der Waals surface area contributed by atoms with Gasteiger partial charge in [-0.05, 0) is 36.5 Å². The molecule has 1 N–H and O–H groups in total. The van der Waals surface area contributed by atoms with Gasteiger partial charge in [0.05, 0.1) is 10.6 Å². The van der Waals surface area contributed by atoms with Gasteiger partial charge in [0.15, 0.2) is 0 Å². The molecule has 0 saturated heterocycles. The van der Waals surface area contributed by atoms with Crippen LogP contribution < -0.4 is 5.32 Å². The molecule has 1 aromatic carbocycles. The van der Waals surface area contributed by atoms with E-state index in [9.17, 15) is 0 Å². The zero-order valence-corrected chi connectivity index (χ0v) is 13.8. The quantitative estimate of drug-likeness (QED) is 0.739. The third-order valence-corrected chi connectivity index (χ3v) is 5.63. The summed E-state index contributed by atoms with van der Waals surface area (Å²) < 4.78 is 0. The molecule has 0 aliphatic rings. The highest BCUT2D eigenvalue weighted by Crippen LogP contribution is 2.32. The molecule has 0 aliphatic heterocycles. The van der Waals surface area contributed by atoms with Gasteiger partial charge in [-0.1, -0.05) is 30.3 Å². The molecule has 0 saturated carbocycles. The number of nitrogens with one attached hydrogen (secondary N) is 1. The highest BCUT2D eigenvalue weighted by atomic mass is 32.1.